The van der Waals surface area contributed by atoms with Gasteiger partial charge in [0.25, 0.3) is 0 Å². The van der Waals surface area contributed by atoms with Crippen molar-refractivity contribution in [1.82, 2.24) is 19.9 Å². The summed E-state index contributed by atoms with van der Waals surface area (Å²) in [5.74, 6) is 1.07. The van der Waals surface area contributed by atoms with Crippen molar-refractivity contribution in [1.29, 1.82) is 0 Å². The van der Waals surface area contributed by atoms with Crippen LogP contribution in [0.25, 0.3) is 0 Å². The zero-order valence-corrected chi connectivity index (χ0v) is 14.6. The van der Waals surface area contributed by atoms with Gasteiger partial charge in [-0.25, -0.2) is 0 Å². The lowest BCUT2D eigenvalue weighted by atomic mass is 10.1. The second-order valence-corrected chi connectivity index (χ2v) is 6.44. The van der Waals surface area contributed by atoms with Crippen LogP contribution >= 0.6 is 0 Å². The number of hydrogen-bond donors (Lipinski definition) is 0. The van der Waals surface area contributed by atoms with Gasteiger partial charge in [0, 0.05) is 50.2 Å². The molecule has 0 spiro atoms. The molecule has 0 unspecified atom stereocenters. The molecular weight excluding hydrogens is 304 g/mol. The van der Waals surface area contributed by atoms with Crippen LogP contribution in [0.5, 0.6) is 0 Å². The molecule has 6 nitrogen and oxygen atoms in total. The molecule has 2 aromatic heterocycles. The summed E-state index contributed by atoms with van der Waals surface area (Å²) in [6.07, 6.45) is 2.22. The number of piperazine rings is 1. The number of nitrogens with zero attached hydrogens (tertiary/aromatic N) is 4. The molecule has 128 valence electrons. The van der Waals surface area contributed by atoms with Gasteiger partial charge in [0.15, 0.2) is 0 Å². The molecule has 1 saturated heterocycles. The Hall–Kier alpha value is -2.21. The Balaban J connectivity index is 1.51. The average Bonchev–Trinajstić information content (AvgIpc) is 2.89. The highest BCUT2D eigenvalue weighted by molar-refractivity contribution is 5.78. The van der Waals surface area contributed by atoms with Crippen molar-refractivity contribution < 1.29 is 9.32 Å². The van der Waals surface area contributed by atoms with Gasteiger partial charge in [-0.3, -0.25) is 14.7 Å². The van der Waals surface area contributed by atoms with Gasteiger partial charge in [-0.15, -0.1) is 0 Å². The van der Waals surface area contributed by atoms with Gasteiger partial charge in [-0.05, 0) is 32.4 Å². The molecule has 1 amide bonds. The van der Waals surface area contributed by atoms with Crippen molar-refractivity contribution >= 4 is 5.91 Å². The van der Waals surface area contributed by atoms with Crippen molar-refractivity contribution in [2.45, 2.75) is 33.7 Å². The van der Waals surface area contributed by atoms with E-state index < -0.39 is 0 Å². The second-order valence-electron chi connectivity index (χ2n) is 6.44. The first kappa shape index (κ1) is 16.6. The summed E-state index contributed by atoms with van der Waals surface area (Å²) < 4.78 is 5.22. The first-order chi connectivity index (χ1) is 11.5. The minimum Gasteiger partial charge on any atom is -0.361 e. The van der Waals surface area contributed by atoms with E-state index in [9.17, 15) is 4.79 Å². The summed E-state index contributed by atoms with van der Waals surface area (Å²) in [4.78, 5) is 21.0. The number of amides is 1. The molecule has 0 radical (unpaired) electrons. The maximum absolute atomic E-state index is 12.4. The van der Waals surface area contributed by atoms with Gasteiger partial charge in [-0.2, -0.15) is 0 Å². The van der Waals surface area contributed by atoms with Crippen LogP contribution in [0.15, 0.2) is 22.9 Å². The van der Waals surface area contributed by atoms with E-state index in [0.29, 0.717) is 6.42 Å². The molecule has 1 aliphatic rings. The van der Waals surface area contributed by atoms with E-state index in [2.05, 4.69) is 15.0 Å². The van der Waals surface area contributed by atoms with Crippen molar-refractivity contribution in [3.05, 3.63) is 46.6 Å². The lowest BCUT2D eigenvalue weighted by molar-refractivity contribution is -0.132. The van der Waals surface area contributed by atoms with Gasteiger partial charge in [-0.1, -0.05) is 11.2 Å². The molecule has 24 heavy (non-hydrogen) atoms. The zero-order valence-electron chi connectivity index (χ0n) is 14.6. The minimum atomic E-state index is 0.178. The number of pyridine rings is 1. The first-order valence-corrected chi connectivity index (χ1v) is 8.36. The molecule has 0 aliphatic carbocycles. The monoisotopic (exact) mass is 328 g/mol. The molecule has 0 saturated carbocycles. The number of carbonyl (C=O) groups is 1. The van der Waals surface area contributed by atoms with Crippen LogP contribution in [0.3, 0.4) is 0 Å². The standard InChI is InChI=1S/C18H24N4O2/c1-13-4-5-16(11-19-13)10-18(23)22-8-6-21(7-9-22)12-17-14(2)20-24-15(17)3/h4-5,11H,6-10,12H2,1-3H3. The molecule has 0 aromatic carbocycles. The zero-order chi connectivity index (χ0) is 17.1. The molecule has 6 heteroatoms. The fraction of sp³-hybridized carbons (Fsp3) is 0.500. The molecule has 0 bridgehead atoms. The molecule has 1 fully saturated rings. The van der Waals surface area contributed by atoms with E-state index in [4.69, 9.17) is 4.52 Å². The molecule has 2 aromatic rings. The topological polar surface area (TPSA) is 62.5 Å². The molecule has 3 rings (SSSR count). The van der Waals surface area contributed by atoms with E-state index in [0.717, 1.165) is 55.4 Å². The molecular formula is C18H24N4O2. The Morgan fingerprint density at radius 2 is 1.92 bits per heavy atom. The second kappa shape index (κ2) is 7.13. The Kier molecular flexibility index (Phi) is 4.94. The Morgan fingerprint density at radius 3 is 2.50 bits per heavy atom. The normalized spacial score (nSPS) is 15.7. The van der Waals surface area contributed by atoms with Gasteiger partial charge in [0.05, 0.1) is 12.1 Å². The Morgan fingerprint density at radius 1 is 1.17 bits per heavy atom. The van der Waals surface area contributed by atoms with E-state index in [1.807, 2.05) is 37.8 Å². The van der Waals surface area contributed by atoms with Crippen LogP contribution in [-0.4, -0.2) is 52.0 Å². The molecule has 0 atom stereocenters. The summed E-state index contributed by atoms with van der Waals surface area (Å²) in [5.41, 5.74) is 4.07. The van der Waals surface area contributed by atoms with Gasteiger partial charge in [0.2, 0.25) is 5.91 Å². The van der Waals surface area contributed by atoms with Crippen LogP contribution in [0.2, 0.25) is 0 Å². The van der Waals surface area contributed by atoms with Crippen LogP contribution in [0.4, 0.5) is 0 Å². The van der Waals surface area contributed by atoms with Crippen molar-refractivity contribution in [2.24, 2.45) is 0 Å². The maximum Gasteiger partial charge on any atom is 0.227 e. The van der Waals surface area contributed by atoms with Gasteiger partial charge < -0.3 is 9.42 Å². The quantitative estimate of drug-likeness (QED) is 0.857. The van der Waals surface area contributed by atoms with Crippen LogP contribution in [0, 0.1) is 20.8 Å². The fourth-order valence-electron chi connectivity index (χ4n) is 3.00. The third-order valence-corrected chi connectivity index (χ3v) is 4.62. The van der Waals surface area contributed by atoms with Crippen molar-refractivity contribution in [3.8, 4) is 0 Å². The summed E-state index contributed by atoms with van der Waals surface area (Å²) in [6.45, 7) is 9.99. The van der Waals surface area contributed by atoms with Crippen LogP contribution in [0.1, 0.15) is 28.3 Å². The van der Waals surface area contributed by atoms with Gasteiger partial charge in [0.1, 0.15) is 5.76 Å². The van der Waals surface area contributed by atoms with E-state index >= 15 is 0 Å². The minimum absolute atomic E-state index is 0.178. The largest absolute Gasteiger partial charge is 0.361 e. The summed E-state index contributed by atoms with van der Waals surface area (Å²) in [5, 5.41) is 4.01. The van der Waals surface area contributed by atoms with Crippen molar-refractivity contribution in [2.75, 3.05) is 26.2 Å². The Labute approximate surface area is 142 Å². The van der Waals surface area contributed by atoms with E-state index in [1.165, 1.54) is 5.56 Å². The molecule has 0 N–H and O–H groups in total. The predicted octanol–water partition coefficient (Wildman–Crippen LogP) is 1.88. The number of aromatic nitrogens is 2. The highest BCUT2D eigenvalue weighted by atomic mass is 16.5. The fourth-order valence-corrected chi connectivity index (χ4v) is 3.00. The third kappa shape index (κ3) is 3.82. The van der Waals surface area contributed by atoms with Crippen LogP contribution < -0.4 is 0 Å². The lowest BCUT2D eigenvalue weighted by Gasteiger charge is -2.34. The number of hydrogen-bond acceptors (Lipinski definition) is 5. The highest BCUT2D eigenvalue weighted by Gasteiger charge is 2.22. The number of aryl methyl sites for hydroxylation is 3. The third-order valence-electron chi connectivity index (χ3n) is 4.62. The molecule has 1 aliphatic heterocycles. The lowest BCUT2D eigenvalue weighted by Crippen LogP contribution is -2.48. The van der Waals surface area contributed by atoms with E-state index in [1.54, 1.807) is 6.20 Å². The summed E-state index contributed by atoms with van der Waals surface area (Å²) >= 11 is 0. The average molecular weight is 328 g/mol. The highest BCUT2D eigenvalue weighted by Crippen LogP contribution is 2.16. The van der Waals surface area contributed by atoms with Crippen molar-refractivity contribution in [3.63, 3.8) is 0 Å². The SMILES string of the molecule is Cc1ccc(CC(=O)N2CCN(Cc3c(C)noc3C)CC2)cn1. The number of rotatable bonds is 4. The number of carbonyl (C=O) groups excluding carboxylic acids is 1. The molecule has 3 heterocycles. The first-order valence-electron chi connectivity index (χ1n) is 8.36. The van der Waals surface area contributed by atoms with Gasteiger partial charge >= 0.3 is 0 Å². The summed E-state index contributed by atoms with van der Waals surface area (Å²) in [6, 6.07) is 3.93. The maximum atomic E-state index is 12.4. The predicted molar refractivity (Wildman–Crippen MR) is 90.5 cm³/mol. The van der Waals surface area contributed by atoms with E-state index in [-0.39, 0.29) is 5.91 Å². The smallest absolute Gasteiger partial charge is 0.227 e. The summed E-state index contributed by atoms with van der Waals surface area (Å²) in [7, 11) is 0. The Bertz CT molecular complexity index is 681. The van der Waals surface area contributed by atoms with Crippen LogP contribution in [-0.2, 0) is 17.8 Å².